The lowest BCUT2D eigenvalue weighted by molar-refractivity contribution is 0.267. The minimum absolute atomic E-state index is 0.951. The third-order valence-corrected chi connectivity index (χ3v) is 4.24. The van der Waals surface area contributed by atoms with Gasteiger partial charge in [-0.3, -0.25) is 0 Å². The summed E-state index contributed by atoms with van der Waals surface area (Å²) in [5, 5.41) is 5.59. The van der Waals surface area contributed by atoms with Gasteiger partial charge in [0, 0.05) is 11.4 Å². The van der Waals surface area contributed by atoms with Crippen molar-refractivity contribution < 1.29 is 0 Å². The Balaban J connectivity index is 1.65. The quantitative estimate of drug-likeness (QED) is 0.848. The molecule has 16 heavy (non-hydrogen) atoms. The Morgan fingerprint density at radius 3 is 2.94 bits per heavy atom. The molecular weight excluding hydrogens is 216 g/mol. The molecule has 2 heterocycles. The molecule has 1 fully saturated rings. The van der Waals surface area contributed by atoms with Crippen molar-refractivity contribution in [3.8, 4) is 0 Å². The van der Waals surface area contributed by atoms with Gasteiger partial charge >= 0.3 is 0 Å². The van der Waals surface area contributed by atoms with Gasteiger partial charge in [0.05, 0.1) is 0 Å². The van der Waals surface area contributed by atoms with E-state index in [0.29, 0.717) is 0 Å². The average molecular weight is 238 g/mol. The first kappa shape index (κ1) is 12.1. The number of nitrogens with one attached hydrogen (secondary N) is 1. The van der Waals surface area contributed by atoms with Gasteiger partial charge in [0.25, 0.3) is 0 Å². The smallest absolute Gasteiger partial charge is 0.0324 e. The summed E-state index contributed by atoms with van der Waals surface area (Å²) in [7, 11) is 2.24. The fraction of sp³-hybridized carbons (Fsp3) is 0.692. The van der Waals surface area contributed by atoms with E-state index < -0.39 is 0 Å². The lowest BCUT2D eigenvalue weighted by Crippen LogP contribution is -2.30. The molecule has 1 aliphatic heterocycles. The third kappa shape index (κ3) is 3.89. The topological polar surface area (TPSA) is 15.3 Å². The largest absolute Gasteiger partial charge is 0.317 e. The van der Waals surface area contributed by atoms with Crippen molar-refractivity contribution in [2.75, 3.05) is 26.7 Å². The summed E-state index contributed by atoms with van der Waals surface area (Å²) in [6, 6.07) is 4.37. The highest BCUT2D eigenvalue weighted by atomic mass is 32.1. The number of hydrogen-bond acceptors (Lipinski definition) is 3. The van der Waals surface area contributed by atoms with Crippen molar-refractivity contribution in [2.24, 2.45) is 5.92 Å². The highest BCUT2D eigenvalue weighted by Gasteiger charge is 2.13. The van der Waals surface area contributed by atoms with Crippen molar-refractivity contribution in [1.29, 1.82) is 0 Å². The van der Waals surface area contributed by atoms with Crippen LogP contribution in [-0.2, 0) is 6.54 Å². The van der Waals surface area contributed by atoms with Crippen LogP contribution >= 0.6 is 11.3 Å². The molecule has 0 saturated carbocycles. The van der Waals surface area contributed by atoms with E-state index in [1.54, 1.807) is 0 Å². The molecule has 1 aromatic heterocycles. The molecule has 2 rings (SSSR count). The zero-order chi connectivity index (χ0) is 11.2. The molecule has 90 valence electrons. The summed E-state index contributed by atoms with van der Waals surface area (Å²) in [5.41, 5.74) is 0. The van der Waals surface area contributed by atoms with E-state index in [-0.39, 0.29) is 0 Å². The molecule has 0 spiro atoms. The molecule has 0 unspecified atom stereocenters. The summed E-state index contributed by atoms with van der Waals surface area (Å²) in [6.45, 7) is 4.80. The monoisotopic (exact) mass is 238 g/mol. The number of piperidine rings is 1. The van der Waals surface area contributed by atoms with Gasteiger partial charge in [-0.15, -0.1) is 11.3 Å². The number of thiophene rings is 1. The molecule has 0 atom stereocenters. The van der Waals surface area contributed by atoms with Gasteiger partial charge in [0.15, 0.2) is 0 Å². The molecule has 1 aromatic rings. The molecule has 1 saturated heterocycles. The number of hydrogen-bond donors (Lipinski definition) is 1. The predicted octanol–water partition coefficient (Wildman–Crippen LogP) is 2.57. The maximum Gasteiger partial charge on any atom is 0.0324 e. The van der Waals surface area contributed by atoms with Gasteiger partial charge in [-0.25, -0.2) is 0 Å². The molecule has 1 aliphatic rings. The van der Waals surface area contributed by atoms with Gasteiger partial charge < -0.3 is 10.2 Å². The van der Waals surface area contributed by atoms with E-state index >= 15 is 0 Å². The van der Waals surface area contributed by atoms with Crippen molar-refractivity contribution in [2.45, 2.75) is 25.8 Å². The predicted molar refractivity (Wildman–Crippen MR) is 70.9 cm³/mol. The molecule has 2 nitrogen and oxygen atoms in total. The Morgan fingerprint density at radius 2 is 2.25 bits per heavy atom. The lowest BCUT2D eigenvalue weighted by Gasteiger charge is -2.25. The van der Waals surface area contributed by atoms with Crippen molar-refractivity contribution in [1.82, 2.24) is 10.2 Å². The first-order valence-electron chi connectivity index (χ1n) is 6.26. The second kappa shape index (κ2) is 6.38. The molecule has 1 N–H and O–H groups in total. The standard InChI is InChI=1S/C13H22N2S/c1-15(11-13-3-2-10-16-13)9-6-12-4-7-14-8-5-12/h2-3,10,12,14H,4-9,11H2,1H3. The normalized spacial score (nSPS) is 18.1. The molecule has 0 aliphatic carbocycles. The molecule has 3 heteroatoms. The first-order chi connectivity index (χ1) is 7.84. The number of rotatable bonds is 5. The van der Waals surface area contributed by atoms with Gasteiger partial charge in [-0.1, -0.05) is 6.07 Å². The molecular formula is C13H22N2S. The summed E-state index contributed by atoms with van der Waals surface area (Å²) < 4.78 is 0. The Kier molecular flexibility index (Phi) is 4.82. The Hall–Kier alpha value is -0.380. The van der Waals surface area contributed by atoms with Crippen LogP contribution in [-0.4, -0.2) is 31.6 Å². The van der Waals surface area contributed by atoms with Gasteiger partial charge in [0.2, 0.25) is 0 Å². The van der Waals surface area contributed by atoms with E-state index in [1.165, 1.54) is 43.8 Å². The van der Waals surface area contributed by atoms with Crippen LogP contribution in [0.25, 0.3) is 0 Å². The van der Waals surface area contributed by atoms with Crippen molar-refractivity contribution in [3.63, 3.8) is 0 Å². The minimum atomic E-state index is 0.951. The summed E-state index contributed by atoms with van der Waals surface area (Å²) in [4.78, 5) is 3.93. The Labute approximate surface area is 103 Å². The summed E-state index contributed by atoms with van der Waals surface area (Å²) in [5.74, 6) is 0.951. The maximum absolute atomic E-state index is 3.43. The van der Waals surface area contributed by atoms with Crippen LogP contribution in [0.2, 0.25) is 0 Å². The van der Waals surface area contributed by atoms with Gasteiger partial charge in [-0.2, -0.15) is 0 Å². The second-order valence-corrected chi connectivity index (χ2v) is 5.83. The van der Waals surface area contributed by atoms with E-state index in [9.17, 15) is 0 Å². The maximum atomic E-state index is 3.43. The zero-order valence-electron chi connectivity index (χ0n) is 10.1. The van der Waals surface area contributed by atoms with Crippen LogP contribution in [0.4, 0.5) is 0 Å². The van der Waals surface area contributed by atoms with Gasteiger partial charge in [0.1, 0.15) is 0 Å². The highest BCUT2D eigenvalue weighted by Crippen LogP contribution is 2.17. The van der Waals surface area contributed by atoms with E-state index in [0.717, 1.165) is 12.5 Å². The molecule has 0 bridgehead atoms. The fourth-order valence-electron chi connectivity index (χ4n) is 2.32. The van der Waals surface area contributed by atoms with Gasteiger partial charge in [-0.05, 0) is 63.3 Å². The third-order valence-electron chi connectivity index (χ3n) is 3.38. The fourth-order valence-corrected chi connectivity index (χ4v) is 3.10. The van der Waals surface area contributed by atoms with Crippen LogP contribution in [0.3, 0.4) is 0 Å². The average Bonchev–Trinajstić information content (AvgIpc) is 2.81. The zero-order valence-corrected chi connectivity index (χ0v) is 10.9. The molecule has 0 radical (unpaired) electrons. The molecule has 0 amide bonds. The Bertz CT molecular complexity index is 278. The first-order valence-corrected chi connectivity index (χ1v) is 7.14. The van der Waals surface area contributed by atoms with E-state index in [2.05, 4.69) is 34.8 Å². The van der Waals surface area contributed by atoms with Crippen LogP contribution in [0, 0.1) is 5.92 Å². The Morgan fingerprint density at radius 1 is 1.44 bits per heavy atom. The SMILES string of the molecule is CN(CCC1CCNCC1)Cc1cccs1. The van der Waals surface area contributed by atoms with Crippen LogP contribution in [0.15, 0.2) is 17.5 Å². The lowest BCUT2D eigenvalue weighted by atomic mass is 9.94. The summed E-state index contributed by atoms with van der Waals surface area (Å²) >= 11 is 1.86. The van der Waals surface area contributed by atoms with Crippen LogP contribution in [0.1, 0.15) is 24.1 Å². The second-order valence-electron chi connectivity index (χ2n) is 4.80. The summed E-state index contributed by atoms with van der Waals surface area (Å²) in [6.07, 6.45) is 4.10. The van der Waals surface area contributed by atoms with Crippen LogP contribution in [0.5, 0.6) is 0 Å². The minimum Gasteiger partial charge on any atom is -0.317 e. The van der Waals surface area contributed by atoms with E-state index in [4.69, 9.17) is 0 Å². The van der Waals surface area contributed by atoms with Crippen molar-refractivity contribution in [3.05, 3.63) is 22.4 Å². The number of nitrogens with zero attached hydrogens (tertiary/aromatic N) is 1. The van der Waals surface area contributed by atoms with Crippen molar-refractivity contribution >= 4 is 11.3 Å². The van der Waals surface area contributed by atoms with Crippen LogP contribution < -0.4 is 5.32 Å². The highest BCUT2D eigenvalue weighted by molar-refractivity contribution is 7.09. The molecule has 0 aromatic carbocycles. The van der Waals surface area contributed by atoms with E-state index in [1.807, 2.05) is 11.3 Å².